The summed E-state index contributed by atoms with van der Waals surface area (Å²) in [6.07, 6.45) is 2.96. The lowest BCUT2D eigenvalue weighted by Crippen LogP contribution is -2.36. The van der Waals surface area contributed by atoms with E-state index in [1.54, 1.807) is 37.1 Å². The fraction of sp³-hybridized carbons (Fsp3) is 0.435. The molecule has 174 valence electrons. The SMILES string of the molecule is COc1ccc(OC)c(C(C)NS(=O)(=O)c2ccc(OC)c(C(=O)N3CCCCC3)c2)c1. The van der Waals surface area contributed by atoms with Crippen LogP contribution in [0.2, 0.25) is 0 Å². The molecule has 1 fully saturated rings. The smallest absolute Gasteiger partial charge is 0.257 e. The molecule has 1 aliphatic rings. The van der Waals surface area contributed by atoms with Crippen molar-refractivity contribution in [2.24, 2.45) is 0 Å². The van der Waals surface area contributed by atoms with Crippen LogP contribution in [-0.4, -0.2) is 53.6 Å². The van der Waals surface area contributed by atoms with Crippen molar-refractivity contribution in [2.75, 3.05) is 34.4 Å². The molecule has 0 aliphatic carbocycles. The Morgan fingerprint density at radius 1 is 0.938 bits per heavy atom. The standard InChI is InChI=1S/C23H30N2O6S/c1-16(19-14-17(29-2)8-10-21(19)30-3)24-32(27,28)18-9-11-22(31-4)20(15-18)23(26)25-12-6-5-7-13-25/h8-11,14-16,24H,5-7,12-13H2,1-4H3. The number of carbonyl (C=O) groups is 1. The van der Waals surface area contributed by atoms with Crippen LogP contribution in [0.25, 0.3) is 0 Å². The van der Waals surface area contributed by atoms with Crippen molar-refractivity contribution in [3.8, 4) is 17.2 Å². The summed E-state index contributed by atoms with van der Waals surface area (Å²) in [7, 11) is 0.590. The highest BCUT2D eigenvalue weighted by atomic mass is 32.2. The average molecular weight is 463 g/mol. The van der Waals surface area contributed by atoms with E-state index in [1.807, 2.05) is 0 Å². The topological polar surface area (TPSA) is 94.2 Å². The van der Waals surface area contributed by atoms with Gasteiger partial charge in [0.15, 0.2) is 0 Å². The molecule has 0 bridgehead atoms. The lowest BCUT2D eigenvalue weighted by molar-refractivity contribution is 0.0720. The molecule has 9 heteroatoms. The number of nitrogens with zero attached hydrogens (tertiary/aromatic N) is 1. The van der Waals surface area contributed by atoms with Gasteiger partial charge in [-0.05, 0) is 62.6 Å². The Labute approximate surface area is 189 Å². The van der Waals surface area contributed by atoms with Crippen molar-refractivity contribution >= 4 is 15.9 Å². The lowest BCUT2D eigenvalue weighted by atomic mass is 10.1. The number of methoxy groups -OCH3 is 3. The van der Waals surface area contributed by atoms with Gasteiger partial charge < -0.3 is 19.1 Å². The molecular formula is C23H30N2O6S. The van der Waals surface area contributed by atoms with Crippen molar-refractivity contribution < 1.29 is 27.4 Å². The van der Waals surface area contributed by atoms with Crippen LogP contribution in [0, 0.1) is 0 Å². The van der Waals surface area contributed by atoms with Crippen LogP contribution in [0.3, 0.4) is 0 Å². The Morgan fingerprint density at radius 2 is 1.59 bits per heavy atom. The van der Waals surface area contributed by atoms with Gasteiger partial charge in [0.1, 0.15) is 17.2 Å². The zero-order valence-corrected chi connectivity index (χ0v) is 19.7. The number of benzene rings is 2. The van der Waals surface area contributed by atoms with Gasteiger partial charge >= 0.3 is 0 Å². The van der Waals surface area contributed by atoms with E-state index >= 15 is 0 Å². The third-order valence-corrected chi connectivity index (χ3v) is 7.13. The second-order valence-electron chi connectivity index (χ2n) is 7.67. The Bertz CT molecular complexity index is 1060. The maximum absolute atomic E-state index is 13.2. The number of hydrogen-bond donors (Lipinski definition) is 1. The van der Waals surface area contributed by atoms with Crippen LogP contribution in [-0.2, 0) is 10.0 Å². The fourth-order valence-electron chi connectivity index (χ4n) is 3.83. The van der Waals surface area contributed by atoms with Gasteiger partial charge in [0.2, 0.25) is 10.0 Å². The van der Waals surface area contributed by atoms with Gasteiger partial charge in [-0.1, -0.05) is 0 Å². The Kier molecular flexibility index (Phi) is 7.63. The molecular weight excluding hydrogens is 432 g/mol. The number of nitrogens with one attached hydrogen (secondary N) is 1. The zero-order valence-electron chi connectivity index (χ0n) is 18.9. The third-order valence-electron chi connectivity index (χ3n) is 5.59. The van der Waals surface area contributed by atoms with Crippen molar-refractivity contribution in [3.63, 3.8) is 0 Å². The molecule has 2 aromatic carbocycles. The van der Waals surface area contributed by atoms with Crippen LogP contribution < -0.4 is 18.9 Å². The quantitative estimate of drug-likeness (QED) is 0.646. The molecule has 3 rings (SSSR count). The van der Waals surface area contributed by atoms with Crippen molar-refractivity contribution in [1.82, 2.24) is 9.62 Å². The molecule has 1 saturated heterocycles. The molecule has 1 amide bonds. The third kappa shape index (κ3) is 5.16. The Hall–Kier alpha value is -2.78. The summed E-state index contributed by atoms with van der Waals surface area (Å²) in [5.74, 6) is 1.26. The van der Waals surface area contributed by atoms with E-state index in [0.717, 1.165) is 19.3 Å². The zero-order chi connectivity index (χ0) is 23.3. The van der Waals surface area contributed by atoms with Gasteiger partial charge in [0, 0.05) is 24.7 Å². The van der Waals surface area contributed by atoms with E-state index in [0.29, 0.717) is 35.9 Å². The second-order valence-corrected chi connectivity index (χ2v) is 9.38. The molecule has 0 aromatic heterocycles. The molecule has 1 atom stereocenters. The average Bonchev–Trinajstić information content (AvgIpc) is 2.82. The maximum atomic E-state index is 13.2. The molecule has 0 spiro atoms. The van der Waals surface area contributed by atoms with Gasteiger partial charge in [0.25, 0.3) is 5.91 Å². The van der Waals surface area contributed by atoms with E-state index in [2.05, 4.69) is 4.72 Å². The largest absolute Gasteiger partial charge is 0.497 e. The number of ether oxygens (including phenoxy) is 3. The number of carbonyl (C=O) groups excluding carboxylic acids is 1. The van der Waals surface area contributed by atoms with E-state index in [4.69, 9.17) is 14.2 Å². The van der Waals surface area contributed by atoms with Crippen molar-refractivity contribution in [1.29, 1.82) is 0 Å². The molecule has 32 heavy (non-hydrogen) atoms. The molecule has 8 nitrogen and oxygen atoms in total. The normalized spacial score (nSPS) is 15.2. The number of rotatable bonds is 8. The van der Waals surface area contributed by atoms with Crippen LogP contribution >= 0.6 is 0 Å². The summed E-state index contributed by atoms with van der Waals surface area (Å²) in [6, 6.07) is 8.92. The first kappa shape index (κ1) is 23.9. The molecule has 2 aromatic rings. The molecule has 0 radical (unpaired) electrons. The van der Waals surface area contributed by atoms with Crippen LogP contribution in [0.1, 0.15) is 48.1 Å². The van der Waals surface area contributed by atoms with Crippen LogP contribution in [0.4, 0.5) is 0 Å². The van der Waals surface area contributed by atoms with Gasteiger partial charge in [-0.15, -0.1) is 0 Å². The van der Waals surface area contributed by atoms with Crippen molar-refractivity contribution in [3.05, 3.63) is 47.5 Å². The molecule has 0 saturated carbocycles. The summed E-state index contributed by atoms with van der Waals surface area (Å²) in [6.45, 7) is 3.03. The Morgan fingerprint density at radius 3 is 2.22 bits per heavy atom. The van der Waals surface area contributed by atoms with E-state index in [-0.39, 0.29) is 16.4 Å². The summed E-state index contributed by atoms with van der Waals surface area (Å²) in [5.41, 5.74) is 0.873. The number of piperidine rings is 1. The summed E-state index contributed by atoms with van der Waals surface area (Å²) < 4.78 is 45.0. The predicted molar refractivity (Wildman–Crippen MR) is 121 cm³/mol. The highest BCUT2D eigenvalue weighted by molar-refractivity contribution is 7.89. The van der Waals surface area contributed by atoms with Gasteiger partial charge in [-0.25, -0.2) is 13.1 Å². The highest BCUT2D eigenvalue weighted by Gasteiger charge is 2.26. The summed E-state index contributed by atoms with van der Waals surface area (Å²) >= 11 is 0. The molecule has 1 aliphatic heterocycles. The number of hydrogen-bond acceptors (Lipinski definition) is 6. The second kappa shape index (κ2) is 10.2. The lowest BCUT2D eigenvalue weighted by Gasteiger charge is -2.27. The maximum Gasteiger partial charge on any atom is 0.257 e. The minimum Gasteiger partial charge on any atom is -0.497 e. The van der Waals surface area contributed by atoms with E-state index < -0.39 is 16.1 Å². The Balaban J connectivity index is 1.90. The van der Waals surface area contributed by atoms with Crippen LogP contribution in [0.15, 0.2) is 41.3 Å². The molecule has 1 unspecified atom stereocenters. The fourth-order valence-corrected chi connectivity index (χ4v) is 5.08. The van der Waals surface area contributed by atoms with Gasteiger partial charge in [0.05, 0.1) is 31.8 Å². The summed E-state index contributed by atoms with van der Waals surface area (Å²) in [5, 5.41) is 0. The summed E-state index contributed by atoms with van der Waals surface area (Å²) in [4.78, 5) is 14.8. The van der Waals surface area contributed by atoms with Gasteiger partial charge in [-0.2, -0.15) is 0 Å². The monoisotopic (exact) mass is 462 g/mol. The molecule has 1 heterocycles. The number of amides is 1. The molecule has 1 N–H and O–H groups in total. The number of sulfonamides is 1. The van der Waals surface area contributed by atoms with E-state index in [9.17, 15) is 13.2 Å². The first-order chi connectivity index (χ1) is 15.3. The first-order valence-electron chi connectivity index (χ1n) is 10.5. The van der Waals surface area contributed by atoms with Crippen molar-refractivity contribution in [2.45, 2.75) is 37.1 Å². The van der Waals surface area contributed by atoms with E-state index in [1.165, 1.54) is 32.4 Å². The number of likely N-dealkylation sites (tertiary alicyclic amines) is 1. The van der Waals surface area contributed by atoms with Gasteiger partial charge in [-0.3, -0.25) is 4.79 Å². The first-order valence-corrected chi connectivity index (χ1v) is 12.0. The minimum absolute atomic E-state index is 0.00706. The minimum atomic E-state index is -3.94. The highest BCUT2D eigenvalue weighted by Crippen LogP contribution is 2.31. The predicted octanol–water partition coefficient (Wildman–Crippen LogP) is 3.38. The van der Waals surface area contributed by atoms with Crippen LogP contribution in [0.5, 0.6) is 17.2 Å².